The fourth-order valence-corrected chi connectivity index (χ4v) is 4.06. The third kappa shape index (κ3) is 4.18. The molecule has 0 spiro atoms. The summed E-state index contributed by atoms with van der Waals surface area (Å²) < 4.78 is 55.5. The number of carbonyl (C=O) groups excluding carboxylic acids is 1. The number of amides is 1. The number of hydrogen-bond acceptors (Lipinski definition) is 6. The van der Waals surface area contributed by atoms with Gasteiger partial charge in [0.05, 0.1) is 17.0 Å². The second-order valence-corrected chi connectivity index (χ2v) is 7.98. The van der Waals surface area contributed by atoms with E-state index in [0.29, 0.717) is 52.6 Å². The lowest BCUT2D eigenvalue weighted by Crippen LogP contribution is -2.14. The SMILES string of the molecule is Cc1c(C(=O)Nc2ccc3c(c2)OCO3)oc2c1/C(=N/Nc1cccc(C(F)(F)F)c1)CCC2. The molecule has 1 aromatic heterocycles. The van der Waals surface area contributed by atoms with Crippen LogP contribution >= 0.6 is 0 Å². The first-order valence-electron chi connectivity index (χ1n) is 10.6. The lowest BCUT2D eigenvalue weighted by molar-refractivity contribution is -0.137. The molecule has 5 rings (SSSR count). The van der Waals surface area contributed by atoms with E-state index >= 15 is 0 Å². The number of nitrogens with one attached hydrogen (secondary N) is 2. The Bertz CT molecular complexity index is 1300. The Balaban J connectivity index is 1.38. The zero-order valence-corrected chi connectivity index (χ0v) is 18.1. The summed E-state index contributed by atoms with van der Waals surface area (Å²) in [5.74, 6) is 1.52. The highest BCUT2D eigenvalue weighted by molar-refractivity contribution is 6.09. The lowest BCUT2D eigenvalue weighted by atomic mass is 9.93. The summed E-state index contributed by atoms with van der Waals surface area (Å²) in [5.41, 5.74) is 4.67. The summed E-state index contributed by atoms with van der Waals surface area (Å²) in [6, 6.07) is 9.92. The van der Waals surface area contributed by atoms with Gasteiger partial charge >= 0.3 is 6.18 Å². The highest BCUT2D eigenvalue weighted by Gasteiger charge is 2.31. The fourth-order valence-electron chi connectivity index (χ4n) is 4.06. The van der Waals surface area contributed by atoms with Gasteiger partial charge in [0.1, 0.15) is 5.76 Å². The predicted molar refractivity (Wildman–Crippen MR) is 119 cm³/mol. The van der Waals surface area contributed by atoms with Gasteiger partial charge in [-0.15, -0.1) is 0 Å². The van der Waals surface area contributed by atoms with Crippen LogP contribution in [0.25, 0.3) is 0 Å². The summed E-state index contributed by atoms with van der Waals surface area (Å²) in [5, 5.41) is 7.15. The molecular weight excluding hydrogens is 451 g/mol. The number of halogens is 3. The number of rotatable bonds is 4. The molecular formula is C24H20F3N3O4. The largest absolute Gasteiger partial charge is 0.455 e. The third-order valence-corrected chi connectivity index (χ3v) is 5.67. The van der Waals surface area contributed by atoms with Gasteiger partial charge in [0.2, 0.25) is 6.79 Å². The second-order valence-electron chi connectivity index (χ2n) is 7.98. The van der Waals surface area contributed by atoms with Crippen molar-refractivity contribution in [3.8, 4) is 11.5 Å². The summed E-state index contributed by atoms with van der Waals surface area (Å²) in [4.78, 5) is 12.9. The molecule has 0 unspecified atom stereocenters. The quantitative estimate of drug-likeness (QED) is 0.474. The number of hydrogen-bond donors (Lipinski definition) is 2. The van der Waals surface area contributed by atoms with Crippen molar-refractivity contribution in [3.05, 3.63) is 70.7 Å². The maximum absolute atomic E-state index is 13.0. The monoisotopic (exact) mass is 471 g/mol. The standard InChI is InChI=1S/C24H20F3N3O4/c1-13-21-17(30-29-16-5-2-4-14(10-16)24(25,26)27)6-3-7-19(21)34-22(13)23(31)28-15-8-9-18-20(11-15)33-12-32-18/h2,4-5,8-11,29H,3,6-7,12H2,1H3,(H,28,31)/b30-17+. The summed E-state index contributed by atoms with van der Waals surface area (Å²) in [6.07, 6.45) is -2.46. The average Bonchev–Trinajstić information content (AvgIpc) is 3.41. The molecule has 0 atom stereocenters. The minimum Gasteiger partial charge on any atom is -0.455 e. The number of furan rings is 1. The number of hydrazone groups is 1. The van der Waals surface area contributed by atoms with Crippen LogP contribution in [0.15, 0.2) is 52.0 Å². The van der Waals surface area contributed by atoms with Gasteiger partial charge in [0, 0.05) is 29.3 Å². The van der Waals surface area contributed by atoms with Crippen molar-refractivity contribution in [1.82, 2.24) is 0 Å². The molecule has 7 nitrogen and oxygen atoms in total. The van der Waals surface area contributed by atoms with Gasteiger partial charge in [-0.2, -0.15) is 18.3 Å². The van der Waals surface area contributed by atoms with E-state index in [2.05, 4.69) is 15.8 Å². The van der Waals surface area contributed by atoms with E-state index in [4.69, 9.17) is 13.9 Å². The third-order valence-electron chi connectivity index (χ3n) is 5.67. The van der Waals surface area contributed by atoms with Gasteiger partial charge in [-0.05, 0) is 50.1 Å². The normalized spacial score (nSPS) is 15.8. The van der Waals surface area contributed by atoms with Crippen LogP contribution in [-0.2, 0) is 12.6 Å². The molecule has 34 heavy (non-hydrogen) atoms. The van der Waals surface area contributed by atoms with Gasteiger partial charge < -0.3 is 19.2 Å². The van der Waals surface area contributed by atoms with Crippen LogP contribution < -0.4 is 20.2 Å². The van der Waals surface area contributed by atoms with Crippen molar-refractivity contribution >= 4 is 23.0 Å². The molecule has 176 valence electrons. The summed E-state index contributed by atoms with van der Waals surface area (Å²) in [6.45, 7) is 1.90. The Labute approximate surface area is 192 Å². The van der Waals surface area contributed by atoms with Crippen LogP contribution in [0.3, 0.4) is 0 Å². The zero-order valence-electron chi connectivity index (χ0n) is 18.1. The number of benzene rings is 2. The lowest BCUT2D eigenvalue weighted by Gasteiger charge is -2.14. The van der Waals surface area contributed by atoms with Crippen molar-refractivity contribution in [2.24, 2.45) is 5.10 Å². The van der Waals surface area contributed by atoms with E-state index < -0.39 is 17.6 Å². The Hall–Kier alpha value is -3.95. The van der Waals surface area contributed by atoms with Crippen molar-refractivity contribution < 1.29 is 31.9 Å². The van der Waals surface area contributed by atoms with Crippen molar-refractivity contribution in [2.75, 3.05) is 17.5 Å². The molecule has 1 aliphatic heterocycles. The van der Waals surface area contributed by atoms with Crippen LogP contribution in [0.2, 0.25) is 0 Å². The van der Waals surface area contributed by atoms with Gasteiger partial charge in [0.25, 0.3) is 5.91 Å². The molecule has 2 aromatic carbocycles. The molecule has 1 amide bonds. The van der Waals surface area contributed by atoms with E-state index in [-0.39, 0.29) is 18.2 Å². The van der Waals surface area contributed by atoms with Crippen molar-refractivity contribution in [3.63, 3.8) is 0 Å². The van der Waals surface area contributed by atoms with E-state index in [0.717, 1.165) is 18.6 Å². The molecule has 0 fully saturated rings. The minimum atomic E-state index is -4.44. The number of alkyl halides is 3. The highest BCUT2D eigenvalue weighted by atomic mass is 19.4. The van der Waals surface area contributed by atoms with E-state index in [1.807, 2.05) is 0 Å². The highest BCUT2D eigenvalue weighted by Crippen LogP contribution is 2.35. The van der Waals surface area contributed by atoms with Crippen molar-refractivity contribution in [1.29, 1.82) is 0 Å². The summed E-state index contributed by atoms with van der Waals surface area (Å²) >= 11 is 0. The minimum absolute atomic E-state index is 0.132. The number of nitrogens with zero attached hydrogens (tertiary/aromatic N) is 1. The number of aryl methyl sites for hydroxylation is 1. The van der Waals surface area contributed by atoms with Crippen LogP contribution in [0.1, 0.15) is 45.8 Å². The fraction of sp³-hybridized carbons (Fsp3) is 0.250. The zero-order chi connectivity index (χ0) is 23.9. The maximum Gasteiger partial charge on any atom is 0.416 e. The van der Waals surface area contributed by atoms with E-state index in [9.17, 15) is 18.0 Å². The van der Waals surface area contributed by atoms with Gasteiger partial charge in [-0.3, -0.25) is 10.2 Å². The molecule has 2 N–H and O–H groups in total. The summed E-state index contributed by atoms with van der Waals surface area (Å²) in [7, 11) is 0. The molecule has 10 heteroatoms. The molecule has 3 aromatic rings. The van der Waals surface area contributed by atoms with Crippen LogP contribution in [0.5, 0.6) is 11.5 Å². The van der Waals surface area contributed by atoms with E-state index in [1.165, 1.54) is 12.1 Å². The molecule has 0 bridgehead atoms. The topological polar surface area (TPSA) is 85.1 Å². The van der Waals surface area contributed by atoms with Gasteiger partial charge in [-0.1, -0.05) is 6.07 Å². The Morgan fingerprint density at radius 3 is 2.68 bits per heavy atom. The van der Waals surface area contributed by atoms with Gasteiger partial charge in [0.15, 0.2) is 17.3 Å². The Kier molecular flexibility index (Phi) is 5.43. The molecule has 0 saturated heterocycles. The number of anilines is 2. The van der Waals surface area contributed by atoms with Crippen LogP contribution in [0, 0.1) is 6.92 Å². The van der Waals surface area contributed by atoms with Crippen molar-refractivity contribution in [2.45, 2.75) is 32.4 Å². The van der Waals surface area contributed by atoms with E-state index in [1.54, 1.807) is 25.1 Å². The second kappa shape index (κ2) is 8.44. The Morgan fingerprint density at radius 2 is 1.85 bits per heavy atom. The molecule has 1 aliphatic carbocycles. The van der Waals surface area contributed by atoms with Crippen LogP contribution in [-0.4, -0.2) is 18.4 Å². The number of fused-ring (bicyclic) bond motifs is 2. The molecule has 2 aliphatic rings. The molecule has 0 saturated carbocycles. The number of carbonyl (C=O) groups is 1. The molecule has 2 heterocycles. The number of ether oxygens (including phenoxy) is 2. The Morgan fingerprint density at radius 1 is 1.03 bits per heavy atom. The average molecular weight is 471 g/mol. The van der Waals surface area contributed by atoms with Crippen LogP contribution in [0.4, 0.5) is 24.5 Å². The first-order valence-corrected chi connectivity index (χ1v) is 10.6. The predicted octanol–water partition coefficient (Wildman–Crippen LogP) is 5.74. The molecule has 0 radical (unpaired) electrons. The maximum atomic E-state index is 13.0. The van der Waals surface area contributed by atoms with Gasteiger partial charge in [-0.25, -0.2) is 0 Å². The first-order chi connectivity index (χ1) is 16.3. The first kappa shape index (κ1) is 21.9. The smallest absolute Gasteiger partial charge is 0.416 e.